The van der Waals surface area contributed by atoms with Gasteiger partial charge in [-0.2, -0.15) is 0 Å². The highest BCUT2D eigenvalue weighted by atomic mass is 16.3. The van der Waals surface area contributed by atoms with Crippen LogP contribution < -0.4 is 0 Å². The van der Waals surface area contributed by atoms with Gasteiger partial charge >= 0.3 is 0 Å². The van der Waals surface area contributed by atoms with Gasteiger partial charge in [-0.15, -0.1) is 0 Å². The number of nitrogens with zero attached hydrogens (tertiary/aromatic N) is 2. The van der Waals surface area contributed by atoms with Gasteiger partial charge in [0.2, 0.25) is 0 Å². The maximum absolute atomic E-state index is 6.41. The van der Waals surface area contributed by atoms with Crippen molar-refractivity contribution in [2.75, 3.05) is 0 Å². The SMILES string of the molecule is c1ccc(-c2ccc(-c3ccc(-n4c5ccccc5c5cc(-c6ccc7c(c6)c6c(-c8ccccc8)cccc6n7-c6ccc7c(c6)oc6ccccc67)ccc54)cc3)cc2)cc1. The van der Waals surface area contributed by atoms with Crippen LogP contribution in [-0.2, 0) is 0 Å². The molecule has 0 saturated carbocycles. The molecule has 13 aromatic rings. The Kier molecular flexibility index (Phi) is 7.91. The maximum Gasteiger partial charge on any atom is 0.137 e. The summed E-state index contributed by atoms with van der Waals surface area (Å²) in [6, 6.07) is 83.5. The van der Waals surface area contributed by atoms with Crippen molar-refractivity contribution in [3.8, 4) is 55.9 Å². The number of para-hydroxylation sites is 2. The Morgan fingerprint density at radius 1 is 0.254 bits per heavy atom. The molecule has 0 spiro atoms. The lowest BCUT2D eigenvalue weighted by molar-refractivity contribution is 0.668. The molecule has 10 aromatic carbocycles. The van der Waals surface area contributed by atoms with Crippen LogP contribution in [0.1, 0.15) is 0 Å². The summed E-state index contributed by atoms with van der Waals surface area (Å²) in [6.07, 6.45) is 0. The van der Waals surface area contributed by atoms with Gasteiger partial charge in [-0.05, 0) is 111 Å². The summed E-state index contributed by atoms with van der Waals surface area (Å²) >= 11 is 0. The van der Waals surface area contributed by atoms with E-state index in [1.54, 1.807) is 0 Å². The van der Waals surface area contributed by atoms with Gasteiger partial charge in [-0.3, -0.25) is 0 Å². The number of rotatable bonds is 6. The Labute approximate surface area is 363 Å². The van der Waals surface area contributed by atoms with Crippen LogP contribution in [0.25, 0.3) is 121 Å². The van der Waals surface area contributed by atoms with Gasteiger partial charge in [-0.25, -0.2) is 0 Å². The maximum atomic E-state index is 6.41. The standard InChI is InChI=1S/C60H38N2O/c1-3-12-39(13-4-1)40-22-24-41(25-23-40)42-26-30-46(31-27-42)61-54-19-9-7-16-49(54)52-36-44(28-34-55(52)61)45-29-35-56-53(37-45)60-48(43-14-5-2-6-15-43)18-11-20-57(60)62(56)47-32-33-51-50-17-8-10-21-58(50)63-59(51)38-47/h1-38H. The van der Waals surface area contributed by atoms with Crippen molar-refractivity contribution in [3.05, 3.63) is 231 Å². The van der Waals surface area contributed by atoms with Crippen LogP contribution >= 0.6 is 0 Å². The Balaban J connectivity index is 0.936. The summed E-state index contributed by atoms with van der Waals surface area (Å²) in [5.74, 6) is 0. The highest BCUT2D eigenvalue weighted by Crippen LogP contribution is 2.42. The van der Waals surface area contributed by atoms with E-state index in [0.29, 0.717) is 0 Å². The fraction of sp³-hybridized carbons (Fsp3) is 0. The van der Waals surface area contributed by atoms with Gasteiger partial charge in [0.25, 0.3) is 0 Å². The lowest BCUT2D eigenvalue weighted by atomic mass is 9.97. The Bertz CT molecular complexity index is 3870. The van der Waals surface area contributed by atoms with Crippen LogP contribution in [0.15, 0.2) is 235 Å². The van der Waals surface area contributed by atoms with E-state index in [9.17, 15) is 0 Å². The first-order valence-electron chi connectivity index (χ1n) is 21.6. The van der Waals surface area contributed by atoms with Gasteiger partial charge in [0.1, 0.15) is 11.2 Å². The van der Waals surface area contributed by atoms with Crippen LogP contribution in [0.2, 0.25) is 0 Å². The molecule has 3 heteroatoms. The Morgan fingerprint density at radius 2 is 0.746 bits per heavy atom. The van der Waals surface area contributed by atoms with Crippen LogP contribution in [0, 0.1) is 0 Å². The summed E-state index contributed by atoms with van der Waals surface area (Å²) in [5, 5.41) is 7.18. The third kappa shape index (κ3) is 5.67. The molecule has 0 aliphatic rings. The van der Waals surface area contributed by atoms with E-state index < -0.39 is 0 Å². The molecule has 0 amide bonds. The summed E-state index contributed by atoms with van der Waals surface area (Å²) in [6.45, 7) is 0. The van der Waals surface area contributed by atoms with Gasteiger partial charge in [0.05, 0.1) is 22.1 Å². The van der Waals surface area contributed by atoms with E-state index >= 15 is 0 Å². The highest BCUT2D eigenvalue weighted by molar-refractivity contribution is 6.17. The third-order valence-corrected chi connectivity index (χ3v) is 13.0. The Hall–Kier alpha value is -8.40. The second-order valence-corrected chi connectivity index (χ2v) is 16.5. The number of hydrogen-bond donors (Lipinski definition) is 0. The number of furan rings is 1. The molecular formula is C60H38N2O. The minimum absolute atomic E-state index is 0.886. The molecule has 3 heterocycles. The van der Waals surface area contributed by atoms with Crippen molar-refractivity contribution in [1.82, 2.24) is 9.13 Å². The third-order valence-electron chi connectivity index (χ3n) is 13.0. The summed E-state index contributed by atoms with van der Waals surface area (Å²) < 4.78 is 11.2. The summed E-state index contributed by atoms with van der Waals surface area (Å²) in [5.41, 5.74) is 18.3. The smallest absolute Gasteiger partial charge is 0.137 e. The first-order chi connectivity index (χ1) is 31.2. The van der Waals surface area contributed by atoms with Gasteiger partial charge in [0, 0.05) is 49.8 Å². The zero-order valence-corrected chi connectivity index (χ0v) is 34.2. The second-order valence-electron chi connectivity index (χ2n) is 16.5. The summed E-state index contributed by atoms with van der Waals surface area (Å²) in [7, 11) is 0. The molecule has 0 atom stereocenters. The molecule has 0 aliphatic heterocycles. The van der Waals surface area contributed by atoms with Crippen molar-refractivity contribution >= 4 is 65.6 Å². The molecule has 13 rings (SSSR count). The van der Waals surface area contributed by atoms with Gasteiger partial charge < -0.3 is 13.6 Å². The van der Waals surface area contributed by atoms with Crippen molar-refractivity contribution in [2.45, 2.75) is 0 Å². The van der Waals surface area contributed by atoms with Crippen molar-refractivity contribution < 1.29 is 4.42 Å². The van der Waals surface area contributed by atoms with Crippen LogP contribution in [0.4, 0.5) is 0 Å². The lowest BCUT2D eigenvalue weighted by Crippen LogP contribution is -1.94. The average Bonchev–Trinajstić information content (AvgIpc) is 4.01. The molecule has 0 radical (unpaired) electrons. The summed E-state index contributed by atoms with van der Waals surface area (Å²) in [4.78, 5) is 0. The average molecular weight is 803 g/mol. The quantitative estimate of drug-likeness (QED) is 0.164. The van der Waals surface area contributed by atoms with Crippen LogP contribution in [0.5, 0.6) is 0 Å². The van der Waals surface area contributed by atoms with E-state index in [-0.39, 0.29) is 0 Å². The minimum Gasteiger partial charge on any atom is -0.456 e. The zero-order valence-electron chi connectivity index (χ0n) is 34.2. The molecule has 0 unspecified atom stereocenters. The normalized spacial score (nSPS) is 11.8. The molecule has 0 aliphatic carbocycles. The predicted octanol–water partition coefficient (Wildman–Crippen LogP) is 16.4. The van der Waals surface area contributed by atoms with Crippen LogP contribution in [0.3, 0.4) is 0 Å². The van der Waals surface area contributed by atoms with E-state index in [0.717, 1.165) is 44.3 Å². The molecule has 0 N–H and O–H groups in total. The van der Waals surface area contributed by atoms with Gasteiger partial charge in [-0.1, -0.05) is 158 Å². The zero-order chi connectivity index (χ0) is 41.4. The molecule has 63 heavy (non-hydrogen) atoms. The van der Waals surface area contributed by atoms with E-state index in [4.69, 9.17) is 4.42 Å². The molecule has 0 fully saturated rings. The highest BCUT2D eigenvalue weighted by Gasteiger charge is 2.19. The first kappa shape index (κ1) is 35.4. The van der Waals surface area contributed by atoms with Gasteiger partial charge in [0.15, 0.2) is 0 Å². The first-order valence-corrected chi connectivity index (χ1v) is 21.6. The lowest BCUT2D eigenvalue weighted by Gasteiger charge is -2.11. The number of fused-ring (bicyclic) bond motifs is 9. The molecule has 0 bridgehead atoms. The largest absolute Gasteiger partial charge is 0.456 e. The number of aromatic nitrogens is 2. The number of benzene rings is 10. The number of hydrogen-bond acceptors (Lipinski definition) is 1. The monoisotopic (exact) mass is 802 g/mol. The molecule has 3 nitrogen and oxygen atoms in total. The van der Waals surface area contributed by atoms with E-state index in [1.807, 2.05) is 12.1 Å². The predicted molar refractivity (Wildman–Crippen MR) is 264 cm³/mol. The fourth-order valence-electron chi connectivity index (χ4n) is 9.96. The van der Waals surface area contributed by atoms with Crippen molar-refractivity contribution in [1.29, 1.82) is 0 Å². The van der Waals surface area contributed by atoms with E-state index in [2.05, 4.69) is 228 Å². The second kappa shape index (κ2) is 14.1. The Morgan fingerprint density at radius 3 is 1.48 bits per heavy atom. The molecule has 0 saturated heterocycles. The van der Waals surface area contributed by atoms with Crippen molar-refractivity contribution in [3.63, 3.8) is 0 Å². The van der Waals surface area contributed by atoms with E-state index in [1.165, 1.54) is 77.1 Å². The van der Waals surface area contributed by atoms with Crippen molar-refractivity contribution in [2.24, 2.45) is 0 Å². The minimum atomic E-state index is 0.886. The molecular weight excluding hydrogens is 765 g/mol. The fourth-order valence-corrected chi connectivity index (χ4v) is 9.96. The van der Waals surface area contributed by atoms with Crippen LogP contribution in [-0.4, -0.2) is 9.13 Å². The topological polar surface area (TPSA) is 23.0 Å². The molecule has 3 aromatic heterocycles. The molecule has 294 valence electrons.